The van der Waals surface area contributed by atoms with Gasteiger partial charge in [0.2, 0.25) is 0 Å². The summed E-state index contributed by atoms with van der Waals surface area (Å²) in [6.45, 7) is 0. The van der Waals surface area contributed by atoms with E-state index in [1.54, 1.807) is 18.2 Å². The molecule has 0 heterocycles. The normalized spacial score (nSPS) is 10.6. The fourth-order valence-corrected chi connectivity index (χ4v) is 1.89. The first-order valence-corrected chi connectivity index (χ1v) is 6.51. The molecule has 0 aliphatic rings. The third-order valence-corrected chi connectivity index (χ3v) is 3.00. The molecule has 6 nitrogen and oxygen atoms in total. The zero-order valence-electron chi connectivity index (χ0n) is 11.2. The topological polar surface area (TPSA) is 99.0 Å². The van der Waals surface area contributed by atoms with Crippen LogP contribution in [0.15, 0.2) is 47.6 Å². The molecular weight excluding hydrogens is 308 g/mol. The van der Waals surface area contributed by atoms with Crippen LogP contribution >= 0.6 is 11.6 Å². The Bertz CT molecular complexity index is 759. The lowest BCUT2D eigenvalue weighted by molar-refractivity contribution is 0.0696. The van der Waals surface area contributed by atoms with Crippen LogP contribution < -0.4 is 5.43 Å². The molecule has 0 aromatic heterocycles. The predicted octanol–water partition coefficient (Wildman–Crippen LogP) is 2.51. The van der Waals surface area contributed by atoms with Crippen molar-refractivity contribution < 1.29 is 19.8 Å². The molecule has 22 heavy (non-hydrogen) atoms. The molecule has 2 rings (SSSR count). The van der Waals surface area contributed by atoms with Crippen molar-refractivity contribution in [2.75, 3.05) is 0 Å². The molecule has 7 heteroatoms. The number of hydrogen-bond donors (Lipinski definition) is 3. The number of benzene rings is 2. The predicted molar refractivity (Wildman–Crippen MR) is 81.6 cm³/mol. The van der Waals surface area contributed by atoms with Gasteiger partial charge in [-0.2, -0.15) is 5.10 Å². The molecule has 1 amide bonds. The van der Waals surface area contributed by atoms with E-state index in [0.717, 1.165) is 0 Å². The van der Waals surface area contributed by atoms with Crippen molar-refractivity contribution in [3.8, 4) is 5.75 Å². The highest BCUT2D eigenvalue weighted by Crippen LogP contribution is 2.21. The lowest BCUT2D eigenvalue weighted by Crippen LogP contribution is -2.18. The number of carboxylic acids is 1. The number of rotatable bonds is 4. The van der Waals surface area contributed by atoms with Crippen LogP contribution in [0.25, 0.3) is 0 Å². The Balaban J connectivity index is 2.14. The summed E-state index contributed by atoms with van der Waals surface area (Å²) in [7, 11) is 0. The van der Waals surface area contributed by atoms with Gasteiger partial charge in [0.1, 0.15) is 5.75 Å². The maximum atomic E-state index is 11.9. The Morgan fingerprint density at radius 2 is 1.86 bits per heavy atom. The smallest absolute Gasteiger partial charge is 0.336 e. The number of amides is 1. The second-order valence-electron chi connectivity index (χ2n) is 4.25. The maximum absolute atomic E-state index is 11.9. The number of nitrogens with one attached hydrogen (secondary N) is 1. The molecule has 0 aliphatic carbocycles. The van der Waals surface area contributed by atoms with Crippen LogP contribution in [0.3, 0.4) is 0 Å². The number of aromatic hydroxyl groups is 1. The molecule has 0 unspecified atom stereocenters. The third-order valence-electron chi connectivity index (χ3n) is 2.76. The van der Waals surface area contributed by atoms with Crippen molar-refractivity contribution in [1.82, 2.24) is 5.43 Å². The lowest BCUT2D eigenvalue weighted by Gasteiger charge is -2.03. The highest BCUT2D eigenvalue weighted by Gasteiger charge is 2.11. The molecule has 0 saturated carbocycles. The number of phenolic OH excluding ortho intramolecular Hbond substituents is 1. The van der Waals surface area contributed by atoms with Crippen molar-refractivity contribution >= 4 is 29.7 Å². The van der Waals surface area contributed by atoms with E-state index in [-0.39, 0.29) is 16.9 Å². The van der Waals surface area contributed by atoms with Crippen molar-refractivity contribution in [3.05, 3.63) is 64.2 Å². The molecule has 0 aliphatic heterocycles. The standard InChI is InChI=1S/C15H11ClN2O4/c16-10-5-6-13(19)12(7-10)14(20)18-17-8-9-3-1-2-4-11(9)15(21)22/h1-8,19H,(H,18,20)(H,21,22)/b17-8+. The summed E-state index contributed by atoms with van der Waals surface area (Å²) in [4.78, 5) is 22.9. The van der Waals surface area contributed by atoms with Crippen LogP contribution in [0, 0.1) is 0 Å². The van der Waals surface area contributed by atoms with Crippen LogP contribution in [-0.2, 0) is 0 Å². The summed E-state index contributed by atoms with van der Waals surface area (Å²) in [5.41, 5.74) is 2.57. The van der Waals surface area contributed by atoms with E-state index in [9.17, 15) is 14.7 Å². The fourth-order valence-electron chi connectivity index (χ4n) is 1.72. The number of hydrogen-bond acceptors (Lipinski definition) is 4. The van der Waals surface area contributed by atoms with E-state index in [1.807, 2.05) is 0 Å². The van der Waals surface area contributed by atoms with Gasteiger partial charge in [0, 0.05) is 10.6 Å². The number of carbonyl (C=O) groups is 2. The molecule has 2 aromatic rings. The van der Waals surface area contributed by atoms with Crippen LogP contribution in [0.2, 0.25) is 5.02 Å². The van der Waals surface area contributed by atoms with E-state index in [2.05, 4.69) is 10.5 Å². The van der Waals surface area contributed by atoms with Crippen LogP contribution in [0.1, 0.15) is 26.3 Å². The fraction of sp³-hybridized carbons (Fsp3) is 0. The van der Waals surface area contributed by atoms with Gasteiger partial charge >= 0.3 is 5.97 Å². The van der Waals surface area contributed by atoms with Crippen molar-refractivity contribution in [3.63, 3.8) is 0 Å². The van der Waals surface area contributed by atoms with Gasteiger partial charge in [0.05, 0.1) is 17.3 Å². The summed E-state index contributed by atoms with van der Waals surface area (Å²) in [5, 5.41) is 22.6. The quantitative estimate of drug-likeness (QED) is 0.595. The van der Waals surface area contributed by atoms with Crippen LogP contribution in [0.4, 0.5) is 0 Å². The largest absolute Gasteiger partial charge is 0.507 e. The van der Waals surface area contributed by atoms with Gasteiger partial charge in [0.25, 0.3) is 5.91 Å². The first-order chi connectivity index (χ1) is 10.5. The van der Waals surface area contributed by atoms with Gasteiger partial charge in [-0.3, -0.25) is 4.79 Å². The van der Waals surface area contributed by atoms with E-state index >= 15 is 0 Å². The number of phenols is 1. The van der Waals surface area contributed by atoms with Crippen molar-refractivity contribution in [2.45, 2.75) is 0 Å². The van der Waals surface area contributed by atoms with Gasteiger partial charge < -0.3 is 10.2 Å². The van der Waals surface area contributed by atoms with Gasteiger partial charge in [-0.1, -0.05) is 29.8 Å². The number of carboxylic acid groups (broad SMARTS) is 1. The first-order valence-electron chi connectivity index (χ1n) is 6.13. The third kappa shape index (κ3) is 3.62. The molecule has 112 valence electrons. The van der Waals surface area contributed by atoms with E-state index in [4.69, 9.17) is 16.7 Å². The minimum Gasteiger partial charge on any atom is -0.507 e. The second kappa shape index (κ2) is 6.73. The summed E-state index contributed by atoms with van der Waals surface area (Å²) in [5.74, 6) is -1.99. The Hall–Kier alpha value is -2.86. The average molecular weight is 319 g/mol. The number of aromatic carboxylic acids is 1. The van der Waals surface area contributed by atoms with E-state index in [1.165, 1.54) is 30.5 Å². The Kier molecular flexibility index (Phi) is 4.75. The Morgan fingerprint density at radius 1 is 1.14 bits per heavy atom. The number of hydrazone groups is 1. The van der Waals surface area contributed by atoms with Crippen molar-refractivity contribution in [2.24, 2.45) is 5.10 Å². The molecule has 0 bridgehead atoms. The summed E-state index contributed by atoms with van der Waals surface area (Å²) < 4.78 is 0. The minimum absolute atomic E-state index is 0.0313. The first kappa shape index (κ1) is 15.5. The SMILES string of the molecule is O=C(N/N=C/c1ccccc1C(=O)O)c1cc(Cl)ccc1O. The number of carbonyl (C=O) groups excluding carboxylic acids is 1. The lowest BCUT2D eigenvalue weighted by atomic mass is 10.1. The highest BCUT2D eigenvalue weighted by molar-refractivity contribution is 6.31. The second-order valence-corrected chi connectivity index (χ2v) is 4.69. The summed E-state index contributed by atoms with van der Waals surface area (Å²) in [6.07, 6.45) is 1.21. The van der Waals surface area contributed by atoms with Crippen LogP contribution in [0.5, 0.6) is 5.75 Å². The molecule has 0 radical (unpaired) electrons. The van der Waals surface area contributed by atoms with Gasteiger partial charge in [-0.05, 0) is 24.3 Å². The van der Waals surface area contributed by atoms with Gasteiger partial charge in [-0.15, -0.1) is 0 Å². The van der Waals surface area contributed by atoms with Gasteiger partial charge in [-0.25, -0.2) is 10.2 Å². The van der Waals surface area contributed by atoms with Crippen LogP contribution in [-0.4, -0.2) is 28.3 Å². The number of nitrogens with zero attached hydrogens (tertiary/aromatic N) is 1. The van der Waals surface area contributed by atoms with E-state index < -0.39 is 11.9 Å². The molecular formula is C15H11ClN2O4. The summed E-state index contributed by atoms with van der Waals surface area (Å²) in [6, 6.07) is 10.2. The molecule has 0 fully saturated rings. The molecule has 2 aromatic carbocycles. The molecule has 0 spiro atoms. The highest BCUT2D eigenvalue weighted by atomic mass is 35.5. The molecule has 3 N–H and O–H groups in total. The Labute approximate surface area is 130 Å². The molecule has 0 saturated heterocycles. The zero-order valence-corrected chi connectivity index (χ0v) is 11.9. The summed E-state index contributed by atoms with van der Waals surface area (Å²) >= 11 is 5.75. The monoisotopic (exact) mass is 318 g/mol. The minimum atomic E-state index is -1.10. The zero-order chi connectivity index (χ0) is 16.1. The number of halogens is 1. The van der Waals surface area contributed by atoms with Gasteiger partial charge in [0.15, 0.2) is 0 Å². The van der Waals surface area contributed by atoms with E-state index in [0.29, 0.717) is 10.6 Å². The molecule has 0 atom stereocenters. The maximum Gasteiger partial charge on any atom is 0.336 e. The average Bonchev–Trinajstić information content (AvgIpc) is 2.50. The van der Waals surface area contributed by atoms with Crippen molar-refractivity contribution in [1.29, 1.82) is 0 Å². The Morgan fingerprint density at radius 3 is 2.59 bits per heavy atom.